The molecule has 2 aromatic rings. The minimum atomic E-state index is -3.83. The Labute approximate surface area is 182 Å². The van der Waals surface area contributed by atoms with E-state index in [9.17, 15) is 18.0 Å². The van der Waals surface area contributed by atoms with Crippen LogP contribution < -0.4 is 10.0 Å². The molecular formula is C22H27N3O5S. The van der Waals surface area contributed by atoms with Crippen molar-refractivity contribution in [2.45, 2.75) is 30.4 Å². The molecule has 0 aromatic heterocycles. The molecule has 2 N–H and O–H groups in total. The van der Waals surface area contributed by atoms with E-state index in [0.717, 1.165) is 18.4 Å². The third-order valence-electron chi connectivity index (χ3n) is 4.92. The first kappa shape index (κ1) is 22.9. The Morgan fingerprint density at radius 2 is 1.71 bits per heavy atom. The first-order valence-electron chi connectivity index (χ1n) is 10.2. The van der Waals surface area contributed by atoms with Gasteiger partial charge in [0.2, 0.25) is 21.8 Å². The van der Waals surface area contributed by atoms with Crippen LogP contribution in [0.4, 0.5) is 0 Å². The largest absolute Gasteiger partial charge is 0.376 e. The summed E-state index contributed by atoms with van der Waals surface area (Å²) in [6.45, 7) is 0.671. The zero-order chi connectivity index (χ0) is 22.1. The average molecular weight is 446 g/mol. The smallest absolute Gasteiger partial charge is 0.241 e. The quantitative estimate of drug-likeness (QED) is 0.573. The zero-order valence-electron chi connectivity index (χ0n) is 17.2. The predicted molar refractivity (Wildman–Crippen MR) is 115 cm³/mol. The van der Waals surface area contributed by atoms with Gasteiger partial charge in [0.15, 0.2) is 0 Å². The average Bonchev–Trinajstić information content (AvgIpc) is 3.31. The van der Waals surface area contributed by atoms with Gasteiger partial charge in [0.1, 0.15) is 0 Å². The number of rotatable bonds is 10. The summed E-state index contributed by atoms with van der Waals surface area (Å²) in [6, 6.07) is 17.1. The molecule has 0 bridgehead atoms. The van der Waals surface area contributed by atoms with Crippen molar-refractivity contribution in [2.24, 2.45) is 0 Å². The van der Waals surface area contributed by atoms with E-state index >= 15 is 0 Å². The molecule has 0 saturated carbocycles. The van der Waals surface area contributed by atoms with Gasteiger partial charge < -0.3 is 15.0 Å². The highest BCUT2D eigenvalue weighted by Gasteiger charge is 2.22. The number of benzene rings is 2. The molecule has 1 heterocycles. The fourth-order valence-corrected chi connectivity index (χ4v) is 4.25. The van der Waals surface area contributed by atoms with Gasteiger partial charge in [0.05, 0.1) is 24.1 Å². The Morgan fingerprint density at radius 3 is 2.35 bits per heavy atom. The first-order valence-corrected chi connectivity index (χ1v) is 11.7. The highest BCUT2D eigenvalue weighted by atomic mass is 32.2. The molecule has 1 atom stereocenters. The third-order valence-corrected chi connectivity index (χ3v) is 6.34. The van der Waals surface area contributed by atoms with Crippen molar-refractivity contribution in [3.05, 3.63) is 66.2 Å². The summed E-state index contributed by atoms with van der Waals surface area (Å²) in [4.78, 5) is 26.7. The molecule has 1 fully saturated rings. The molecule has 2 amide bonds. The van der Waals surface area contributed by atoms with E-state index < -0.39 is 22.5 Å². The second kappa shape index (κ2) is 11.0. The molecule has 1 aliphatic rings. The maximum atomic E-state index is 12.8. The molecule has 31 heavy (non-hydrogen) atoms. The van der Waals surface area contributed by atoms with E-state index in [-0.39, 0.29) is 30.0 Å². The van der Waals surface area contributed by atoms with Gasteiger partial charge in [-0.25, -0.2) is 13.1 Å². The molecule has 0 unspecified atom stereocenters. The highest BCUT2D eigenvalue weighted by molar-refractivity contribution is 7.89. The Morgan fingerprint density at radius 1 is 1.03 bits per heavy atom. The number of hydrogen-bond donors (Lipinski definition) is 2. The number of sulfonamides is 1. The van der Waals surface area contributed by atoms with Crippen LogP contribution in [0, 0.1) is 0 Å². The summed E-state index contributed by atoms with van der Waals surface area (Å²) < 4.78 is 32.6. The van der Waals surface area contributed by atoms with Crippen LogP contribution in [-0.2, 0) is 30.9 Å². The van der Waals surface area contributed by atoms with Crippen LogP contribution in [0.1, 0.15) is 18.4 Å². The Balaban J connectivity index is 1.61. The number of nitrogens with zero attached hydrogens (tertiary/aromatic N) is 1. The maximum absolute atomic E-state index is 12.8. The van der Waals surface area contributed by atoms with Gasteiger partial charge in [-0.15, -0.1) is 0 Å². The van der Waals surface area contributed by atoms with Crippen LogP contribution in [-0.4, -0.2) is 57.5 Å². The van der Waals surface area contributed by atoms with Crippen LogP contribution >= 0.6 is 0 Å². The molecule has 166 valence electrons. The number of amides is 2. The lowest BCUT2D eigenvalue weighted by Gasteiger charge is -2.23. The molecule has 0 aliphatic carbocycles. The van der Waals surface area contributed by atoms with E-state index in [1.165, 1.54) is 17.0 Å². The molecule has 1 aliphatic heterocycles. The SMILES string of the molecule is O=C(CN(Cc1ccccc1)C(=O)CNS(=O)(=O)c1ccccc1)NC[C@@H]1CCCO1. The first-order chi connectivity index (χ1) is 14.9. The Bertz CT molecular complexity index is 961. The highest BCUT2D eigenvalue weighted by Crippen LogP contribution is 2.11. The molecule has 3 rings (SSSR count). The predicted octanol–water partition coefficient (Wildman–Crippen LogP) is 1.29. The van der Waals surface area contributed by atoms with Crippen molar-refractivity contribution >= 4 is 21.8 Å². The van der Waals surface area contributed by atoms with E-state index in [1.807, 2.05) is 30.3 Å². The second-order valence-electron chi connectivity index (χ2n) is 7.31. The summed E-state index contributed by atoms with van der Waals surface area (Å²) >= 11 is 0. The Hall–Kier alpha value is -2.75. The van der Waals surface area contributed by atoms with E-state index in [4.69, 9.17) is 4.74 Å². The molecule has 0 radical (unpaired) electrons. The van der Waals surface area contributed by atoms with Gasteiger partial charge in [-0.1, -0.05) is 48.5 Å². The van der Waals surface area contributed by atoms with Crippen molar-refractivity contribution in [3.8, 4) is 0 Å². The van der Waals surface area contributed by atoms with Gasteiger partial charge in [-0.05, 0) is 30.5 Å². The van der Waals surface area contributed by atoms with Crippen LogP contribution in [0.15, 0.2) is 65.6 Å². The molecule has 1 saturated heterocycles. The second-order valence-corrected chi connectivity index (χ2v) is 9.08. The van der Waals surface area contributed by atoms with Crippen LogP contribution in [0.25, 0.3) is 0 Å². The van der Waals surface area contributed by atoms with Crippen molar-refractivity contribution in [2.75, 3.05) is 26.2 Å². The topological polar surface area (TPSA) is 105 Å². The van der Waals surface area contributed by atoms with Crippen LogP contribution in [0.2, 0.25) is 0 Å². The standard InChI is InChI=1S/C22H27N3O5S/c26-21(23-14-19-10-7-13-30-19)17-25(16-18-8-3-1-4-9-18)22(27)15-24-31(28,29)20-11-5-2-6-12-20/h1-6,8-9,11-12,19,24H,7,10,13-17H2,(H,23,26)/t19-/m0/s1. The summed E-state index contributed by atoms with van der Waals surface area (Å²) in [5, 5.41) is 2.80. The van der Waals surface area contributed by atoms with Gasteiger partial charge in [0, 0.05) is 19.7 Å². The van der Waals surface area contributed by atoms with Crippen molar-refractivity contribution < 1.29 is 22.7 Å². The number of carbonyl (C=O) groups excluding carboxylic acids is 2. The summed E-state index contributed by atoms with van der Waals surface area (Å²) in [6.07, 6.45) is 1.87. The number of hydrogen-bond acceptors (Lipinski definition) is 5. The molecule has 8 nitrogen and oxygen atoms in total. The summed E-state index contributed by atoms with van der Waals surface area (Å²) in [5.41, 5.74) is 0.841. The molecule has 2 aromatic carbocycles. The summed E-state index contributed by atoms with van der Waals surface area (Å²) in [5.74, 6) is -0.804. The van der Waals surface area contributed by atoms with Crippen molar-refractivity contribution in [1.29, 1.82) is 0 Å². The number of carbonyl (C=O) groups is 2. The summed E-state index contributed by atoms with van der Waals surface area (Å²) in [7, 11) is -3.83. The number of ether oxygens (including phenoxy) is 1. The maximum Gasteiger partial charge on any atom is 0.241 e. The fourth-order valence-electron chi connectivity index (χ4n) is 3.25. The van der Waals surface area contributed by atoms with Crippen LogP contribution in [0.5, 0.6) is 0 Å². The lowest BCUT2D eigenvalue weighted by Crippen LogP contribution is -2.45. The lowest BCUT2D eigenvalue weighted by molar-refractivity contribution is -0.135. The van der Waals surface area contributed by atoms with Gasteiger partial charge in [-0.3, -0.25) is 9.59 Å². The van der Waals surface area contributed by atoms with E-state index in [1.54, 1.807) is 18.2 Å². The monoisotopic (exact) mass is 445 g/mol. The molecular weight excluding hydrogens is 418 g/mol. The van der Waals surface area contributed by atoms with E-state index in [2.05, 4.69) is 10.0 Å². The number of nitrogens with one attached hydrogen (secondary N) is 2. The molecule has 0 spiro atoms. The zero-order valence-corrected chi connectivity index (χ0v) is 18.0. The molecule has 9 heteroatoms. The van der Waals surface area contributed by atoms with E-state index in [0.29, 0.717) is 13.2 Å². The van der Waals surface area contributed by atoms with Gasteiger partial charge >= 0.3 is 0 Å². The van der Waals surface area contributed by atoms with Crippen molar-refractivity contribution in [1.82, 2.24) is 14.9 Å². The van der Waals surface area contributed by atoms with Gasteiger partial charge in [0.25, 0.3) is 0 Å². The van der Waals surface area contributed by atoms with Crippen LogP contribution in [0.3, 0.4) is 0 Å². The third kappa shape index (κ3) is 7.16. The minimum absolute atomic E-state index is 0.0000862. The normalized spacial score (nSPS) is 16.1. The Kier molecular flexibility index (Phi) is 8.16. The fraction of sp³-hybridized carbons (Fsp3) is 0.364. The lowest BCUT2D eigenvalue weighted by atomic mass is 10.2. The van der Waals surface area contributed by atoms with Crippen molar-refractivity contribution in [3.63, 3.8) is 0 Å². The van der Waals surface area contributed by atoms with Gasteiger partial charge in [-0.2, -0.15) is 0 Å². The minimum Gasteiger partial charge on any atom is -0.376 e.